The lowest BCUT2D eigenvalue weighted by Crippen LogP contribution is -2.23. The Morgan fingerprint density at radius 1 is 0.889 bits per heavy atom. The molecule has 27 heavy (non-hydrogen) atoms. The fourth-order valence-electron chi connectivity index (χ4n) is 2.73. The molecule has 2 aromatic rings. The second kappa shape index (κ2) is 10.2. The zero-order chi connectivity index (χ0) is 19.7. The van der Waals surface area contributed by atoms with Crippen molar-refractivity contribution in [1.29, 1.82) is 0 Å². The van der Waals surface area contributed by atoms with E-state index in [1.807, 2.05) is 12.1 Å². The van der Waals surface area contributed by atoms with Crippen LogP contribution in [-0.4, -0.2) is 20.9 Å². The van der Waals surface area contributed by atoms with Crippen molar-refractivity contribution in [2.75, 3.05) is 11.9 Å². The van der Waals surface area contributed by atoms with Crippen LogP contribution in [0.2, 0.25) is 0 Å². The van der Waals surface area contributed by atoms with E-state index in [9.17, 15) is 13.2 Å². The lowest BCUT2D eigenvalue weighted by atomic mass is 10.1. The predicted octanol–water partition coefficient (Wildman–Crippen LogP) is 3.90. The Balaban J connectivity index is 1.84. The molecule has 0 aromatic heterocycles. The van der Waals surface area contributed by atoms with Gasteiger partial charge in [0.15, 0.2) is 0 Å². The van der Waals surface area contributed by atoms with E-state index >= 15 is 0 Å². The highest BCUT2D eigenvalue weighted by Gasteiger charge is 2.12. The smallest absolute Gasteiger partial charge is 0.240 e. The van der Waals surface area contributed by atoms with Gasteiger partial charge in [-0.1, -0.05) is 44.5 Å². The Morgan fingerprint density at radius 2 is 1.48 bits per heavy atom. The van der Waals surface area contributed by atoms with Crippen LogP contribution in [0.15, 0.2) is 53.4 Å². The normalized spacial score (nSPS) is 11.3. The van der Waals surface area contributed by atoms with Crippen molar-refractivity contribution in [3.63, 3.8) is 0 Å². The van der Waals surface area contributed by atoms with E-state index in [0.717, 1.165) is 17.7 Å². The predicted molar refractivity (Wildman–Crippen MR) is 109 cm³/mol. The van der Waals surface area contributed by atoms with Gasteiger partial charge in [0.05, 0.1) is 4.90 Å². The van der Waals surface area contributed by atoms with E-state index < -0.39 is 10.0 Å². The molecule has 146 valence electrons. The molecular formula is C21H28N2O3S. The molecular weight excluding hydrogens is 360 g/mol. The number of nitrogens with one attached hydrogen (secondary N) is 2. The first-order chi connectivity index (χ1) is 12.9. The molecule has 6 heteroatoms. The summed E-state index contributed by atoms with van der Waals surface area (Å²) in [7, 11) is -3.44. The van der Waals surface area contributed by atoms with Gasteiger partial charge >= 0.3 is 0 Å². The highest BCUT2D eigenvalue weighted by atomic mass is 32.2. The van der Waals surface area contributed by atoms with Gasteiger partial charge in [-0.3, -0.25) is 4.79 Å². The third-order valence-corrected chi connectivity index (χ3v) is 5.83. The van der Waals surface area contributed by atoms with Crippen molar-refractivity contribution in [1.82, 2.24) is 4.72 Å². The largest absolute Gasteiger partial charge is 0.326 e. The van der Waals surface area contributed by atoms with Crippen LogP contribution in [0.25, 0.3) is 0 Å². The van der Waals surface area contributed by atoms with E-state index in [-0.39, 0.29) is 10.8 Å². The molecule has 0 bridgehead atoms. The van der Waals surface area contributed by atoms with Gasteiger partial charge in [0.2, 0.25) is 15.9 Å². The van der Waals surface area contributed by atoms with Gasteiger partial charge in [-0.25, -0.2) is 13.1 Å². The third-order valence-electron chi connectivity index (χ3n) is 4.27. The van der Waals surface area contributed by atoms with Crippen LogP contribution in [-0.2, 0) is 27.7 Å². The lowest BCUT2D eigenvalue weighted by Gasteiger charge is -2.08. The summed E-state index contributed by atoms with van der Waals surface area (Å²) in [5.41, 5.74) is 3.00. The van der Waals surface area contributed by atoms with E-state index in [0.29, 0.717) is 19.4 Å². The molecule has 0 aliphatic carbocycles. The Hall–Kier alpha value is -2.18. The van der Waals surface area contributed by atoms with Crippen molar-refractivity contribution >= 4 is 21.6 Å². The van der Waals surface area contributed by atoms with Gasteiger partial charge in [-0.2, -0.15) is 0 Å². The molecule has 0 radical (unpaired) electrons. The standard InChI is InChI=1S/C21H28N2O3S/c1-3-5-6-17-7-12-19(13-8-17)23-21(24)16-11-18-9-14-20(15-10-18)27(25,26)22-4-2/h7-10,12-15,22H,3-6,11,16H2,1-2H3,(H,23,24). The summed E-state index contributed by atoms with van der Waals surface area (Å²) in [4.78, 5) is 12.4. The van der Waals surface area contributed by atoms with Gasteiger partial charge in [0.25, 0.3) is 0 Å². The van der Waals surface area contributed by atoms with Gasteiger partial charge in [-0.05, 0) is 54.7 Å². The fourth-order valence-corrected chi connectivity index (χ4v) is 3.77. The summed E-state index contributed by atoms with van der Waals surface area (Å²) in [5, 5.41) is 2.90. The lowest BCUT2D eigenvalue weighted by molar-refractivity contribution is -0.116. The van der Waals surface area contributed by atoms with Crippen molar-refractivity contribution in [2.45, 2.75) is 50.8 Å². The first kappa shape index (κ1) is 21.1. The average molecular weight is 389 g/mol. The summed E-state index contributed by atoms with van der Waals surface area (Å²) >= 11 is 0. The molecule has 0 unspecified atom stereocenters. The number of carbonyl (C=O) groups is 1. The summed E-state index contributed by atoms with van der Waals surface area (Å²) < 4.78 is 26.3. The summed E-state index contributed by atoms with van der Waals surface area (Å²) in [6.45, 7) is 4.26. The second-order valence-corrected chi connectivity index (χ2v) is 8.26. The number of sulfonamides is 1. The number of hydrogen-bond acceptors (Lipinski definition) is 3. The number of amides is 1. The number of aryl methyl sites for hydroxylation is 2. The zero-order valence-corrected chi connectivity index (χ0v) is 16.8. The Labute approximate surface area is 162 Å². The van der Waals surface area contributed by atoms with Crippen molar-refractivity contribution in [3.05, 3.63) is 59.7 Å². The molecule has 0 atom stereocenters. The fraction of sp³-hybridized carbons (Fsp3) is 0.381. The first-order valence-corrected chi connectivity index (χ1v) is 10.9. The Bertz CT molecular complexity index is 829. The molecule has 5 nitrogen and oxygen atoms in total. The summed E-state index contributed by atoms with van der Waals surface area (Å²) in [6.07, 6.45) is 4.30. The van der Waals surface area contributed by atoms with Crippen LogP contribution in [0, 0.1) is 0 Å². The summed E-state index contributed by atoms with van der Waals surface area (Å²) in [6, 6.07) is 14.6. The second-order valence-electron chi connectivity index (χ2n) is 6.49. The maximum Gasteiger partial charge on any atom is 0.240 e. The SMILES string of the molecule is CCCCc1ccc(NC(=O)CCc2ccc(S(=O)(=O)NCC)cc2)cc1. The van der Waals surface area contributed by atoms with Gasteiger partial charge in [0.1, 0.15) is 0 Å². The maximum absolute atomic E-state index is 12.1. The van der Waals surface area contributed by atoms with E-state index in [4.69, 9.17) is 0 Å². The molecule has 0 saturated heterocycles. The summed E-state index contributed by atoms with van der Waals surface area (Å²) in [5.74, 6) is -0.0549. The number of anilines is 1. The molecule has 0 saturated carbocycles. The van der Waals surface area contributed by atoms with Crippen LogP contribution in [0.4, 0.5) is 5.69 Å². The van der Waals surface area contributed by atoms with Crippen LogP contribution >= 0.6 is 0 Å². The zero-order valence-electron chi connectivity index (χ0n) is 16.0. The highest BCUT2D eigenvalue weighted by molar-refractivity contribution is 7.89. The molecule has 0 aliphatic heterocycles. The Kier molecular flexibility index (Phi) is 8.00. The minimum Gasteiger partial charge on any atom is -0.326 e. The molecule has 0 fully saturated rings. The third kappa shape index (κ3) is 6.81. The van der Waals surface area contributed by atoms with Crippen molar-refractivity contribution in [2.24, 2.45) is 0 Å². The number of benzene rings is 2. The van der Waals surface area contributed by atoms with E-state index in [2.05, 4.69) is 29.1 Å². The van der Waals surface area contributed by atoms with Crippen LogP contribution < -0.4 is 10.0 Å². The number of unbranched alkanes of at least 4 members (excludes halogenated alkanes) is 1. The van der Waals surface area contributed by atoms with Crippen molar-refractivity contribution in [3.8, 4) is 0 Å². The molecule has 0 heterocycles. The van der Waals surface area contributed by atoms with Crippen LogP contribution in [0.1, 0.15) is 44.2 Å². The topological polar surface area (TPSA) is 75.3 Å². The molecule has 0 spiro atoms. The van der Waals surface area contributed by atoms with Crippen LogP contribution in [0.3, 0.4) is 0 Å². The number of hydrogen-bond donors (Lipinski definition) is 2. The quantitative estimate of drug-likeness (QED) is 0.648. The molecule has 2 rings (SSSR count). The molecule has 0 aliphatic rings. The van der Waals surface area contributed by atoms with Crippen molar-refractivity contribution < 1.29 is 13.2 Å². The number of rotatable bonds is 10. The first-order valence-electron chi connectivity index (χ1n) is 9.42. The average Bonchev–Trinajstić information content (AvgIpc) is 2.66. The van der Waals surface area contributed by atoms with E-state index in [1.54, 1.807) is 31.2 Å². The molecule has 2 N–H and O–H groups in total. The minimum atomic E-state index is -3.44. The Morgan fingerprint density at radius 3 is 2.07 bits per heavy atom. The van der Waals surface area contributed by atoms with E-state index in [1.165, 1.54) is 18.4 Å². The van der Waals surface area contributed by atoms with Gasteiger partial charge < -0.3 is 5.32 Å². The maximum atomic E-state index is 12.1. The number of carbonyl (C=O) groups excluding carboxylic acids is 1. The molecule has 2 aromatic carbocycles. The monoisotopic (exact) mass is 388 g/mol. The highest BCUT2D eigenvalue weighted by Crippen LogP contribution is 2.14. The van der Waals surface area contributed by atoms with Gasteiger partial charge in [-0.15, -0.1) is 0 Å². The molecule has 1 amide bonds. The van der Waals surface area contributed by atoms with Crippen LogP contribution in [0.5, 0.6) is 0 Å². The van der Waals surface area contributed by atoms with Gasteiger partial charge in [0, 0.05) is 18.7 Å². The minimum absolute atomic E-state index is 0.0549.